The van der Waals surface area contributed by atoms with Gasteiger partial charge in [-0.1, -0.05) is 17.7 Å². The highest BCUT2D eigenvalue weighted by atomic mass is 35.5. The van der Waals surface area contributed by atoms with Crippen LogP contribution in [0.1, 0.15) is 31.1 Å². The van der Waals surface area contributed by atoms with Crippen molar-refractivity contribution in [2.24, 2.45) is 0 Å². The lowest BCUT2D eigenvalue weighted by atomic mass is 10.0. The molecule has 1 aliphatic rings. The summed E-state index contributed by atoms with van der Waals surface area (Å²) >= 11 is 6.13. The zero-order chi connectivity index (χ0) is 21.8. The van der Waals surface area contributed by atoms with E-state index < -0.39 is 16.6 Å². The molecular formula is C22H26ClFN2O3S. The van der Waals surface area contributed by atoms with Gasteiger partial charge in [0.1, 0.15) is 11.8 Å². The van der Waals surface area contributed by atoms with E-state index in [0.717, 1.165) is 5.69 Å². The van der Waals surface area contributed by atoms with Crippen molar-refractivity contribution in [2.75, 3.05) is 30.5 Å². The summed E-state index contributed by atoms with van der Waals surface area (Å²) < 4.78 is 31.7. The molecule has 1 heterocycles. The summed E-state index contributed by atoms with van der Waals surface area (Å²) in [5.41, 5.74) is 1.26. The molecule has 3 atom stereocenters. The number of rotatable bonds is 6. The average molecular weight is 453 g/mol. The quantitative estimate of drug-likeness (QED) is 0.655. The van der Waals surface area contributed by atoms with E-state index in [1.54, 1.807) is 11.8 Å². The smallest absolute Gasteiger partial charge is 0.254 e. The van der Waals surface area contributed by atoms with E-state index >= 15 is 0 Å². The number of piperazine rings is 1. The number of carbonyl (C=O) groups excluding carboxylic acids is 1. The maximum atomic E-state index is 14.5. The Labute approximate surface area is 184 Å². The molecule has 1 fully saturated rings. The molecule has 2 aromatic rings. The van der Waals surface area contributed by atoms with Crippen LogP contribution in [0.15, 0.2) is 47.4 Å². The van der Waals surface area contributed by atoms with E-state index in [1.165, 1.54) is 18.2 Å². The number of ether oxygens (including phenoxy) is 1. The van der Waals surface area contributed by atoms with E-state index in [0.29, 0.717) is 24.7 Å². The Bertz CT molecular complexity index is 942. The second-order valence-electron chi connectivity index (χ2n) is 7.25. The number of halogens is 2. The highest BCUT2D eigenvalue weighted by Crippen LogP contribution is 2.28. The SMILES string of the molecule is CCOCS(=O)c1ccc(C(=O)N2CCN(c3cccc(Cl)c3)[C@@H](C)[C@@H]2C)cc1F. The Balaban J connectivity index is 1.74. The van der Waals surface area contributed by atoms with Crippen molar-refractivity contribution in [3.05, 3.63) is 58.9 Å². The van der Waals surface area contributed by atoms with Gasteiger partial charge in [-0.15, -0.1) is 0 Å². The molecule has 1 unspecified atom stereocenters. The minimum absolute atomic E-state index is 0.0483. The highest BCUT2D eigenvalue weighted by molar-refractivity contribution is 7.84. The molecule has 5 nitrogen and oxygen atoms in total. The van der Waals surface area contributed by atoms with E-state index in [4.69, 9.17) is 16.3 Å². The molecule has 0 bridgehead atoms. The van der Waals surface area contributed by atoms with Crippen molar-refractivity contribution >= 4 is 34.0 Å². The lowest BCUT2D eigenvalue weighted by molar-refractivity contribution is 0.0633. The van der Waals surface area contributed by atoms with Gasteiger partial charge in [0.25, 0.3) is 5.91 Å². The van der Waals surface area contributed by atoms with Crippen LogP contribution in [0, 0.1) is 5.82 Å². The number of amides is 1. The third kappa shape index (κ3) is 4.85. The van der Waals surface area contributed by atoms with Crippen molar-refractivity contribution in [1.29, 1.82) is 0 Å². The van der Waals surface area contributed by atoms with Crippen molar-refractivity contribution in [1.82, 2.24) is 4.90 Å². The monoisotopic (exact) mass is 452 g/mol. The van der Waals surface area contributed by atoms with Crippen LogP contribution < -0.4 is 4.90 Å². The lowest BCUT2D eigenvalue weighted by Gasteiger charge is -2.46. The van der Waals surface area contributed by atoms with Crippen LogP contribution in [-0.4, -0.2) is 52.7 Å². The first-order valence-electron chi connectivity index (χ1n) is 9.92. The summed E-state index contributed by atoms with van der Waals surface area (Å²) in [5, 5.41) is 0.670. The topological polar surface area (TPSA) is 49.9 Å². The van der Waals surface area contributed by atoms with Gasteiger partial charge in [0.2, 0.25) is 0 Å². The standard InChI is InChI=1S/C22H26ClFN2O3S/c1-4-29-14-30(28)21-9-8-17(12-20(21)24)22(27)26-11-10-25(15(2)16(26)3)19-7-5-6-18(23)13-19/h5-9,12-13,15-16H,4,10-11,14H2,1-3H3/t15-,16-,30?/m0/s1. The number of hydrogen-bond donors (Lipinski definition) is 0. The number of carbonyl (C=O) groups is 1. The molecular weight excluding hydrogens is 427 g/mol. The fraction of sp³-hybridized carbons (Fsp3) is 0.409. The third-order valence-electron chi connectivity index (χ3n) is 5.48. The van der Waals surface area contributed by atoms with Crippen LogP contribution in [0.2, 0.25) is 5.02 Å². The fourth-order valence-corrected chi connectivity index (χ4v) is 4.78. The van der Waals surface area contributed by atoms with Crippen molar-refractivity contribution < 1.29 is 18.1 Å². The molecule has 0 saturated carbocycles. The normalized spacial score (nSPS) is 20.3. The molecule has 0 aromatic heterocycles. The van der Waals surface area contributed by atoms with Crippen molar-refractivity contribution in [3.63, 3.8) is 0 Å². The molecule has 1 amide bonds. The van der Waals surface area contributed by atoms with Crippen LogP contribution in [0.3, 0.4) is 0 Å². The molecule has 8 heteroatoms. The summed E-state index contributed by atoms with van der Waals surface area (Å²) in [6.07, 6.45) is 0. The summed E-state index contributed by atoms with van der Waals surface area (Å²) in [4.78, 5) is 17.1. The fourth-order valence-electron chi connectivity index (χ4n) is 3.66. The molecule has 1 saturated heterocycles. The van der Waals surface area contributed by atoms with Crippen molar-refractivity contribution in [2.45, 2.75) is 37.8 Å². The second-order valence-corrected chi connectivity index (χ2v) is 9.06. The number of nitrogens with zero attached hydrogens (tertiary/aromatic N) is 2. The Kier molecular flexibility index (Phi) is 7.50. The minimum atomic E-state index is -1.60. The van der Waals surface area contributed by atoms with Crippen LogP contribution in [0.5, 0.6) is 0 Å². The highest BCUT2D eigenvalue weighted by Gasteiger charge is 2.34. The third-order valence-corrected chi connectivity index (χ3v) is 6.92. The van der Waals surface area contributed by atoms with Crippen LogP contribution in [0.4, 0.5) is 10.1 Å². The van der Waals surface area contributed by atoms with Gasteiger partial charge in [0, 0.05) is 48.1 Å². The Hall–Kier alpha value is -1.96. The maximum Gasteiger partial charge on any atom is 0.254 e. The molecule has 3 rings (SSSR count). The number of hydrogen-bond acceptors (Lipinski definition) is 4. The first-order valence-corrected chi connectivity index (χ1v) is 11.6. The molecule has 30 heavy (non-hydrogen) atoms. The van der Waals surface area contributed by atoms with Gasteiger partial charge in [-0.05, 0) is 57.2 Å². The van der Waals surface area contributed by atoms with Gasteiger partial charge in [-0.3, -0.25) is 9.00 Å². The van der Waals surface area contributed by atoms with E-state index in [2.05, 4.69) is 11.8 Å². The maximum absolute atomic E-state index is 14.5. The molecule has 0 aliphatic carbocycles. The summed E-state index contributed by atoms with van der Waals surface area (Å²) in [7, 11) is -1.60. The predicted molar refractivity (Wildman–Crippen MR) is 118 cm³/mol. The molecule has 2 aromatic carbocycles. The molecule has 1 aliphatic heterocycles. The molecule has 162 valence electrons. The average Bonchev–Trinajstić information content (AvgIpc) is 2.73. The van der Waals surface area contributed by atoms with Gasteiger partial charge in [-0.25, -0.2) is 4.39 Å². The summed E-state index contributed by atoms with van der Waals surface area (Å²) in [6.45, 7) is 7.39. The van der Waals surface area contributed by atoms with Gasteiger partial charge in [0.15, 0.2) is 0 Å². The molecule has 0 N–H and O–H groups in total. The Morgan fingerprint density at radius 1 is 1.20 bits per heavy atom. The summed E-state index contributed by atoms with van der Waals surface area (Å²) in [6, 6.07) is 11.7. The zero-order valence-corrected chi connectivity index (χ0v) is 18.9. The number of anilines is 1. The van der Waals surface area contributed by atoms with Gasteiger partial charge >= 0.3 is 0 Å². The lowest BCUT2D eigenvalue weighted by Crippen LogP contribution is -2.59. The first kappa shape index (κ1) is 22.7. The first-order chi connectivity index (χ1) is 14.3. The van der Waals surface area contributed by atoms with Crippen LogP contribution in [0.25, 0.3) is 0 Å². The van der Waals surface area contributed by atoms with E-state index in [-0.39, 0.29) is 34.4 Å². The van der Waals surface area contributed by atoms with Gasteiger partial charge in [0.05, 0.1) is 15.7 Å². The second kappa shape index (κ2) is 9.90. The van der Waals surface area contributed by atoms with Gasteiger partial charge < -0.3 is 14.5 Å². The molecule has 0 radical (unpaired) electrons. The summed E-state index contributed by atoms with van der Waals surface area (Å²) in [5.74, 6) is -0.959. The van der Waals surface area contributed by atoms with Crippen LogP contribution >= 0.6 is 11.6 Å². The van der Waals surface area contributed by atoms with Gasteiger partial charge in [-0.2, -0.15) is 0 Å². The van der Waals surface area contributed by atoms with Crippen LogP contribution in [-0.2, 0) is 15.5 Å². The predicted octanol–water partition coefficient (Wildman–Crippen LogP) is 4.32. The van der Waals surface area contributed by atoms with E-state index in [9.17, 15) is 13.4 Å². The minimum Gasteiger partial charge on any atom is -0.368 e. The van der Waals surface area contributed by atoms with E-state index in [1.807, 2.05) is 31.2 Å². The van der Waals surface area contributed by atoms with Crippen molar-refractivity contribution in [3.8, 4) is 0 Å². The largest absolute Gasteiger partial charge is 0.368 e. The molecule has 0 spiro atoms. The Morgan fingerprint density at radius 3 is 2.63 bits per heavy atom. The Morgan fingerprint density at radius 2 is 1.97 bits per heavy atom. The zero-order valence-electron chi connectivity index (χ0n) is 17.3. The number of benzene rings is 2.